The topological polar surface area (TPSA) is 59.3 Å². The van der Waals surface area contributed by atoms with Crippen molar-refractivity contribution >= 4 is 23.0 Å². The Bertz CT molecular complexity index is 551. The summed E-state index contributed by atoms with van der Waals surface area (Å²) in [6.07, 6.45) is 0. The summed E-state index contributed by atoms with van der Waals surface area (Å²) in [7, 11) is 0. The SMILES string of the molecule is Nc1ccc(ONNc2cccc(F)c2)c(Cl)c1. The second-order valence-corrected chi connectivity index (χ2v) is 3.94. The molecule has 0 heterocycles. The predicted octanol–water partition coefficient (Wildman–Crippen LogP) is 2.97. The molecule has 0 aliphatic carbocycles. The van der Waals surface area contributed by atoms with Gasteiger partial charge in [0.1, 0.15) is 5.82 Å². The maximum atomic E-state index is 12.9. The first-order chi connectivity index (χ1) is 8.65. The Balaban J connectivity index is 1.92. The lowest BCUT2D eigenvalue weighted by Crippen LogP contribution is -2.25. The number of benzene rings is 2. The highest BCUT2D eigenvalue weighted by Gasteiger charge is 2.01. The van der Waals surface area contributed by atoms with Gasteiger partial charge in [0, 0.05) is 5.69 Å². The molecule has 2 aromatic carbocycles. The maximum absolute atomic E-state index is 12.9. The van der Waals surface area contributed by atoms with Gasteiger partial charge in [-0.05, 0) is 36.4 Å². The van der Waals surface area contributed by atoms with Crippen LogP contribution in [0.15, 0.2) is 42.5 Å². The van der Waals surface area contributed by atoms with Gasteiger partial charge in [-0.25, -0.2) is 4.39 Å². The lowest BCUT2D eigenvalue weighted by molar-refractivity contribution is 0.222. The van der Waals surface area contributed by atoms with Gasteiger partial charge in [0.05, 0.1) is 10.7 Å². The standard InChI is InChI=1S/C12H11ClFN3O/c13-11-7-9(15)4-5-12(11)18-17-16-10-3-1-2-8(14)6-10/h1-7,16-17H,15H2. The predicted molar refractivity (Wildman–Crippen MR) is 69.7 cm³/mol. The molecule has 0 saturated heterocycles. The van der Waals surface area contributed by atoms with Gasteiger partial charge in [0.2, 0.25) is 0 Å². The maximum Gasteiger partial charge on any atom is 0.168 e. The quantitative estimate of drug-likeness (QED) is 0.589. The molecular weight excluding hydrogens is 257 g/mol. The molecule has 2 rings (SSSR count). The summed E-state index contributed by atoms with van der Waals surface area (Å²) in [5.74, 6) is 0.0714. The Morgan fingerprint density at radius 3 is 2.72 bits per heavy atom. The molecule has 0 fully saturated rings. The molecule has 0 unspecified atom stereocenters. The number of hydrogen-bond acceptors (Lipinski definition) is 4. The summed E-state index contributed by atoms with van der Waals surface area (Å²) >= 11 is 5.90. The fourth-order valence-corrected chi connectivity index (χ4v) is 1.53. The van der Waals surface area contributed by atoms with Crippen LogP contribution < -0.4 is 21.6 Å². The summed E-state index contributed by atoms with van der Waals surface area (Å²) in [5, 5.41) is 0.378. The minimum Gasteiger partial charge on any atom is -0.399 e. The van der Waals surface area contributed by atoms with Crippen molar-refractivity contribution in [2.45, 2.75) is 0 Å². The van der Waals surface area contributed by atoms with Crippen LogP contribution in [0.5, 0.6) is 5.75 Å². The highest BCUT2D eigenvalue weighted by atomic mass is 35.5. The van der Waals surface area contributed by atoms with Crippen molar-refractivity contribution in [3.63, 3.8) is 0 Å². The van der Waals surface area contributed by atoms with Crippen molar-refractivity contribution < 1.29 is 9.23 Å². The second-order valence-electron chi connectivity index (χ2n) is 3.53. The van der Waals surface area contributed by atoms with E-state index in [-0.39, 0.29) is 5.82 Å². The number of nitrogens with one attached hydrogen (secondary N) is 2. The Morgan fingerprint density at radius 2 is 2.00 bits per heavy atom. The molecule has 18 heavy (non-hydrogen) atoms. The molecule has 0 spiro atoms. The van der Waals surface area contributed by atoms with Gasteiger partial charge in [-0.15, -0.1) is 0 Å². The number of rotatable bonds is 4. The monoisotopic (exact) mass is 267 g/mol. The number of hydrogen-bond donors (Lipinski definition) is 3. The lowest BCUT2D eigenvalue weighted by Gasteiger charge is -2.10. The average molecular weight is 268 g/mol. The van der Waals surface area contributed by atoms with E-state index in [2.05, 4.69) is 11.0 Å². The molecule has 0 bridgehead atoms. The number of halogens is 2. The van der Waals surface area contributed by atoms with Crippen molar-refractivity contribution in [2.75, 3.05) is 11.2 Å². The van der Waals surface area contributed by atoms with Crippen molar-refractivity contribution in [2.24, 2.45) is 0 Å². The van der Waals surface area contributed by atoms with E-state index < -0.39 is 0 Å². The second kappa shape index (κ2) is 5.57. The van der Waals surface area contributed by atoms with E-state index in [1.807, 2.05) is 0 Å². The van der Waals surface area contributed by atoms with Crippen LogP contribution in [0.4, 0.5) is 15.8 Å². The highest BCUT2D eigenvalue weighted by molar-refractivity contribution is 6.32. The molecular formula is C12H11ClFN3O. The highest BCUT2D eigenvalue weighted by Crippen LogP contribution is 2.25. The van der Waals surface area contributed by atoms with Gasteiger partial charge < -0.3 is 10.6 Å². The van der Waals surface area contributed by atoms with Crippen molar-refractivity contribution in [3.8, 4) is 5.75 Å². The minimum absolute atomic E-state index is 0.340. The number of nitrogens with two attached hydrogens (primary N) is 1. The van der Waals surface area contributed by atoms with Gasteiger partial charge in [0.15, 0.2) is 5.75 Å². The van der Waals surface area contributed by atoms with Crippen molar-refractivity contribution in [1.29, 1.82) is 0 Å². The molecule has 0 atom stereocenters. The van der Waals surface area contributed by atoms with E-state index >= 15 is 0 Å². The van der Waals surface area contributed by atoms with Gasteiger partial charge in [-0.3, -0.25) is 5.43 Å². The first-order valence-electron chi connectivity index (χ1n) is 5.13. The van der Waals surface area contributed by atoms with Crippen molar-refractivity contribution in [1.82, 2.24) is 5.59 Å². The summed E-state index contributed by atoms with van der Waals surface area (Å²) in [5.41, 5.74) is 11.8. The first-order valence-corrected chi connectivity index (χ1v) is 5.51. The Hall–Kier alpha value is -1.98. The smallest absolute Gasteiger partial charge is 0.168 e. The molecule has 6 heteroatoms. The van der Waals surface area contributed by atoms with E-state index in [4.69, 9.17) is 22.2 Å². The molecule has 0 aromatic heterocycles. The molecule has 0 saturated carbocycles. The third-order valence-corrected chi connectivity index (χ3v) is 2.43. The van der Waals surface area contributed by atoms with Crippen LogP contribution in [-0.2, 0) is 0 Å². The van der Waals surface area contributed by atoms with E-state index in [1.165, 1.54) is 12.1 Å². The van der Waals surface area contributed by atoms with E-state index in [0.29, 0.717) is 22.1 Å². The van der Waals surface area contributed by atoms with Crippen LogP contribution in [0.25, 0.3) is 0 Å². The fraction of sp³-hybridized carbons (Fsp3) is 0. The zero-order chi connectivity index (χ0) is 13.0. The third kappa shape index (κ3) is 3.26. The molecule has 4 nitrogen and oxygen atoms in total. The van der Waals surface area contributed by atoms with Gasteiger partial charge >= 0.3 is 0 Å². The molecule has 0 amide bonds. The molecule has 2 aromatic rings. The number of nitrogen functional groups attached to an aromatic ring is 1. The Morgan fingerprint density at radius 1 is 1.17 bits per heavy atom. The molecule has 0 radical (unpaired) electrons. The summed E-state index contributed by atoms with van der Waals surface area (Å²) < 4.78 is 12.9. The van der Waals surface area contributed by atoms with E-state index in [9.17, 15) is 4.39 Å². The van der Waals surface area contributed by atoms with E-state index in [0.717, 1.165) is 0 Å². The number of anilines is 2. The molecule has 0 aliphatic heterocycles. The molecule has 94 valence electrons. The zero-order valence-corrected chi connectivity index (χ0v) is 10.0. The van der Waals surface area contributed by atoms with Crippen LogP contribution >= 0.6 is 11.6 Å². The molecule has 4 N–H and O–H groups in total. The lowest BCUT2D eigenvalue weighted by atomic mass is 10.3. The fourth-order valence-electron chi connectivity index (χ4n) is 1.31. The first kappa shape index (κ1) is 12.5. The zero-order valence-electron chi connectivity index (χ0n) is 9.28. The largest absolute Gasteiger partial charge is 0.399 e. The minimum atomic E-state index is -0.340. The van der Waals surface area contributed by atoms with Gasteiger partial charge in [-0.1, -0.05) is 23.3 Å². The third-order valence-electron chi connectivity index (χ3n) is 2.14. The Kier molecular flexibility index (Phi) is 3.86. The normalized spacial score (nSPS) is 10.1. The van der Waals surface area contributed by atoms with Crippen LogP contribution in [-0.4, -0.2) is 0 Å². The summed E-state index contributed by atoms with van der Waals surface area (Å²) in [4.78, 5) is 5.16. The summed E-state index contributed by atoms with van der Waals surface area (Å²) in [6, 6.07) is 10.8. The van der Waals surface area contributed by atoms with E-state index in [1.54, 1.807) is 30.3 Å². The van der Waals surface area contributed by atoms with Crippen LogP contribution in [0.1, 0.15) is 0 Å². The van der Waals surface area contributed by atoms with Crippen molar-refractivity contribution in [3.05, 3.63) is 53.3 Å². The number of hydrazine groups is 1. The van der Waals surface area contributed by atoms with Gasteiger partial charge in [-0.2, -0.15) is 0 Å². The Labute approximate surface area is 108 Å². The van der Waals surface area contributed by atoms with Gasteiger partial charge in [0.25, 0.3) is 0 Å². The average Bonchev–Trinajstić information content (AvgIpc) is 2.32. The van der Waals surface area contributed by atoms with Crippen LogP contribution in [0.2, 0.25) is 5.02 Å². The van der Waals surface area contributed by atoms with Crippen LogP contribution in [0.3, 0.4) is 0 Å². The molecule has 0 aliphatic rings. The van der Waals surface area contributed by atoms with Crippen LogP contribution in [0, 0.1) is 5.82 Å². The summed E-state index contributed by atoms with van der Waals surface area (Å²) in [6.45, 7) is 0.